The molecule has 1 unspecified atom stereocenters. The lowest BCUT2D eigenvalue weighted by Gasteiger charge is -2.11. The van der Waals surface area contributed by atoms with Crippen LogP contribution < -0.4 is 5.32 Å². The van der Waals surface area contributed by atoms with Crippen molar-refractivity contribution in [2.75, 3.05) is 0 Å². The molecule has 0 radical (unpaired) electrons. The second kappa shape index (κ2) is 6.86. The maximum absolute atomic E-state index is 11.6. The van der Waals surface area contributed by atoms with Gasteiger partial charge in [0, 0.05) is 11.4 Å². The van der Waals surface area contributed by atoms with Crippen molar-refractivity contribution in [3.63, 3.8) is 0 Å². The summed E-state index contributed by atoms with van der Waals surface area (Å²) in [6.07, 6.45) is 2.45. The fraction of sp³-hybridized carbons (Fsp3) is 0.636. The standard InChI is InChI=1S/C11H17ClN2OS/c1-3-4-8(2)13-10(15)5-11-14-9(6-12)7-16-11/h7-8H,3-6H2,1-2H3,(H,13,15). The van der Waals surface area contributed by atoms with Gasteiger partial charge in [0.2, 0.25) is 5.91 Å². The van der Waals surface area contributed by atoms with Gasteiger partial charge in [-0.05, 0) is 13.3 Å². The van der Waals surface area contributed by atoms with Crippen molar-refractivity contribution < 1.29 is 4.79 Å². The minimum atomic E-state index is 0.0384. The van der Waals surface area contributed by atoms with Crippen LogP contribution in [-0.4, -0.2) is 16.9 Å². The van der Waals surface area contributed by atoms with Crippen molar-refractivity contribution in [1.29, 1.82) is 0 Å². The highest BCUT2D eigenvalue weighted by molar-refractivity contribution is 7.09. The second-order valence-corrected chi connectivity index (χ2v) is 5.01. The van der Waals surface area contributed by atoms with Crippen molar-refractivity contribution in [3.05, 3.63) is 16.1 Å². The second-order valence-electron chi connectivity index (χ2n) is 3.80. The van der Waals surface area contributed by atoms with Crippen molar-refractivity contribution >= 4 is 28.8 Å². The fourth-order valence-electron chi connectivity index (χ4n) is 1.46. The van der Waals surface area contributed by atoms with Crippen LogP contribution in [0.4, 0.5) is 0 Å². The first-order chi connectivity index (χ1) is 7.65. The van der Waals surface area contributed by atoms with Crippen molar-refractivity contribution in [1.82, 2.24) is 10.3 Å². The number of nitrogens with zero attached hydrogens (tertiary/aromatic N) is 1. The summed E-state index contributed by atoms with van der Waals surface area (Å²) in [5.41, 5.74) is 0.844. The van der Waals surface area contributed by atoms with Gasteiger partial charge < -0.3 is 5.32 Å². The van der Waals surface area contributed by atoms with Gasteiger partial charge in [0.1, 0.15) is 5.01 Å². The number of alkyl halides is 1. The van der Waals surface area contributed by atoms with E-state index in [1.807, 2.05) is 12.3 Å². The maximum atomic E-state index is 11.6. The molecule has 90 valence electrons. The van der Waals surface area contributed by atoms with E-state index in [0.29, 0.717) is 12.3 Å². The number of aromatic nitrogens is 1. The van der Waals surface area contributed by atoms with Gasteiger partial charge in [0.25, 0.3) is 0 Å². The molecule has 0 bridgehead atoms. The van der Waals surface area contributed by atoms with Crippen LogP contribution >= 0.6 is 22.9 Å². The molecular formula is C11H17ClN2OS. The van der Waals surface area contributed by atoms with Gasteiger partial charge in [0.15, 0.2) is 0 Å². The molecule has 0 saturated heterocycles. The van der Waals surface area contributed by atoms with Crippen LogP contribution in [0.15, 0.2) is 5.38 Å². The molecule has 1 aromatic rings. The predicted octanol–water partition coefficient (Wildman–Crippen LogP) is 2.73. The van der Waals surface area contributed by atoms with E-state index in [1.54, 1.807) is 0 Å². The van der Waals surface area contributed by atoms with E-state index in [4.69, 9.17) is 11.6 Å². The Labute approximate surface area is 105 Å². The molecule has 1 heterocycles. The molecule has 0 aliphatic rings. The highest BCUT2D eigenvalue weighted by atomic mass is 35.5. The zero-order chi connectivity index (χ0) is 12.0. The van der Waals surface area contributed by atoms with Gasteiger partial charge in [-0.25, -0.2) is 4.98 Å². The largest absolute Gasteiger partial charge is 0.353 e. The van der Waals surface area contributed by atoms with E-state index in [9.17, 15) is 4.79 Å². The molecule has 0 saturated carbocycles. The minimum Gasteiger partial charge on any atom is -0.353 e. The number of carbonyl (C=O) groups is 1. The van der Waals surface area contributed by atoms with Crippen LogP contribution in [0.5, 0.6) is 0 Å². The third kappa shape index (κ3) is 4.49. The normalized spacial score (nSPS) is 12.4. The molecule has 1 atom stereocenters. The minimum absolute atomic E-state index is 0.0384. The Morgan fingerprint density at radius 3 is 3.00 bits per heavy atom. The molecule has 16 heavy (non-hydrogen) atoms. The number of carbonyl (C=O) groups excluding carboxylic acids is 1. The molecule has 0 aliphatic carbocycles. The van der Waals surface area contributed by atoms with Crippen LogP contribution in [-0.2, 0) is 17.1 Å². The molecule has 1 aromatic heterocycles. The first kappa shape index (κ1) is 13.5. The highest BCUT2D eigenvalue weighted by Gasteiger charge is 2.10. The number of nitrogens with one attached hydrogen (secondary N) is 1. The first-order valence-corrected chi connectivity index (χ1v) is 6.85. The summed E-state index contributed by atoms with van der Waals surface area (Å²) in [7, 11) is 0. The van der Waals surface area contributed by atoms with Gasteiger partial charge in [-0.15, -0.1) is 22.9 Å². The first-order valence-electron chi connectivity index (χ1n) is 5.44. The lowest BCUT2D eigenvalue weighted by Crippen LogP contribution is -2.33. The van der Waals surface area contributed by atoms with Gasteiger partial charge in [-0.3, -0.25) is 4.79 Å². The van der Waals surface area contributed by atoms with Crippen LogP contribution in [0.25, 0.3) is 0 Å². The fourth-order valence-corrected chi connectivity index (χ4v) is 2.48. The molecule has 0 fully saturated rings. The SMILES string of the molecule is CCCC(C)NC(=O)Cc1nc(CCl)cs1. The molecule has 0 aliphatic heterocycles. The quantitative estimate of drug-likeness (QED) is 0.799. The van der Waals surface area contributed by atoms with Crippen molar-refractivity contribution in [2.24, 2.45) is 0 Å². The molecule has 1 N–H and O–H groups in total. The molecule has 1 amide bonds. The lowest BCUT2D eigenvalue weighted by atomic mass is 10.2. The Kier molecular flexibility index (Phi) is 5.77. The molecule has 0 spiro atoms. The average molecular weight is 261 g/mol. The van der Waals surface area contributed by atoms with Crippen LogP contribution in [0.3, 0.4) is 0 Å². The average Bonchev–Trinajstić information content (AvgIpc) is 2.65. The number of thiazole rings is 1. The van der Waals surface area contributed by atoms with E-state index < -0.39 is 0 Å². The molecular weight excluding hydrogens is 244 g/mol. The summed E-state index contributed by atoms with van der Waals surface area (Å²) in [4.78, 5) is 15.9. The number of halogens is 1. The van der Waals surface area contributed by atoms with E-state index in [0.717, 1.165) is 23.5 Å². The monoisotopic (exact) mass is 260 g/mol. The van der Waals surface area contributed by atoms with E-state index in [2.05, 4.69) is 17.2 Å². The third-order valence-electron chi connectivity index (χ3n) is 2.18. The van der Waals surface area contributed by atoms with E-state index in [-0.39, 0.29) is 11.9 Å². The number of hydrogen-bond acceptors (Lipinski definition) is 3. The summed E-state index contributed by atoms with van der Waals surface area (Å²) in [5, 5.41) is 5.68. The van der Waals surface area contributed by atoms with Crippen LogP contribution in [0.1, 0.15) is 37.4 Å². The zero-order valence-corrected chi connectivity index (χ0v) is 11.2. The molecule has 1 rings (SSSR count). The Morgan fingerprint density at radius 1 is 1.69 bits per heavy atom. The summed E-state index contributed by atoms with van der Waals surface area (Å²) < 4.78 is 0. The zero-order valence-electron chi connectivity index (χ0n) is 9.62. The van der Waals surface area contributed by atoms with Gasteiger partial charge >= 0.3 is 0 Å². The Hall–Kier alpha value is -0.610. The Bertz CT molecular complexity index is 340. The van der Waals surface area contributed by atoms with Crippen LogP contribution in [0, 0.1) is 0 Å². The predicted molar refractivity (Wildman–Crippen MR) is 67.9 cm³/mol. The van der Waals surface area contributed by atoms with Gasteiger partial charge in [-0.1, -0.05) is 13.3 Å². The van der Waals surface area contributed by atoms with Crippen molar-refractivity contribution in [2.45, 2.75) is 45.0 Å². The lowest BCUT2D eigenvalue weighted by molar-refractivity contribution is -0.121. The van der Waals surface area contributed by atoms with E-state index in [1.165, 1.54) is 11.3 Å². The smallest absolute Gasteiger partial charge is 0.227 e. The number of rotatable bonds is 6. The Morgan fingerprint density at radius 2 is 2.44 bits per heavy atom. The maximum Gasteiger partial charge on any atom is 0.227 e. The summed E-state index contributed by atoms with van der Waals surface area (Å²) in [6, 6.07) is 0.241. The van der Waals surface area contributed by atoms with Crippen LogP contribution in [0.2, 0.25) is 0 Å². The van der Waals surface area contributed by atoms with Gasteiger partial charge in [-0.2, -0.15) is 0 Å². The summed E-state index contributed by atoms with van der Waals surface area (Å²) >= 11 is 7.13. The molecule has 3 nitrogen and oxygen atoms in total. The number of hydrogen-bond donors (Lipinski definition) is 1. The molecule has 0 aromatic carbocycles. The topological polar surface area (TPSA) is 42.0 Å². The summed E-state index contributed by atoms with van der Waals surface area (Å²) in [5.74, 6) is 0.445. The van der Waals surface area contributed by atoms with Gasteiger partial charge in [0.05, 0.1) is 18.0 Å². The van der Waals surface area contributed by atoms with Crippen molar-refractivity contribution in [3.8, 4) is 0 Å². The number of amides is 1. The van der Waals surface area contributed by atoms with E-state index >= 15 is 0 Å². The highest BCUT2D eigenvalue weighted by Crippen LogP contribution is 2.12. The molecule has 5 heteroatoms. The Balaban J connectivity index is 2.39. The summed E-state index contributed by atoms with van der Waals surface area (Å²) in [6.45, 7) is 4.13. The third-order valence-corrected chi connectivity index (χ3v) is 3.35.